The van der Waals surface area contributed by atoms with Crippen molar-refractivity contribution in [1.82, 2.24) is 9.13 Å². The lowest BCUT2D eigenvalue weighted by Gasteiger charge is -1.95. The van der Waals surface area contributed by atoms with Gasteiger partial charge in [-0.15, -0.1) is 0 Å². The van der Waals surface area contributed by atoms with Crippen molar-refractivity contribution in [3.05, 3.63) is 97.1 Å². The molecule has 36 heavy (non-hydrogen) atoms. The summed E-state index contributed by atoms with van der Waals surface area (Å²) in [5, 5.41) is 5.35. The van der Waals surface area contributed by atoms with E-state index in [2.05, 4.69) is 120 Å². The Morgan fingerprint density at radius 3 is 0.667 bits per heavy atom. The van der Waals surface area contributed by atoms with E-state index in [-0.39, 0.29) is 0 Å². The summed E-state index contributed by atoms with van der Waals surface area (Å²) in [5.74, 6) is 0. The highest BCUT2D eigenvalue weighted by atomic mass is 14.9. The largest absolute Gasteiger partial charge is 0.344 e. The maximum atomic E-state index is 2.24. The molecule has 0 atom stereocenters. The third-order valence-electron chi connectivity index (χ3n) is 5.64. The van der Waals surface area contributed by atoms with Crippen molar-refractivity contribution in [1.29, 1.82) is 0 Å². The standard InChI is InChI=1S/2C13H11N.4C2H6/c2*1-14-12-8-4-2-6-10(12)11-7-3-5-9-13(11)14;4*1-2/h2*2-9H,1H3;4*1-2H3. The van der Waals surface area contributed by atoms with E-state index in [1.54, 1.807) is 0 Å². The Morgan fingerprint density at radius 2 is 0.472 bits per heavy atom. The molecule has 0 unspecified atom stereocenters. The molecule has 0 bridgehead atoms. The van der Waals surface area contributed by atoms with Crippen LogP contribution >= 0.6 is 0 Å². The first-order valence-electron chi connectivity index (χ1n) is 13.6. The molecule has 0 saturated carbocycles. The van der Waals surface area contributed by atoms with Gasteiger partial charge >= 0.3 is 0 Å². The minimum atomic E-state index is 1.30. The molecule has 2 nitrogen and oxygen atoms in total. The quantitative estimate of drug-likeness (QED) is 0.204. The molecule has 2 heteroatoms. The van der Waals surface area contributed by atoms with Crippen molar-refractivity contribution in [2.45, 2.75) is 55.4 Å². The minimum absolute atomic E-state index is 1.30. The van der Waals surface area contributed by atoms with Gasteiger partial charge in [0, 0.05) is 57.7 Å². The summed E-state index contributed by atoms with van der Waals surface area (Å²) >= 11 is 0. The highest BCUT2D eigenvalue weighted by Crippen LogP contribution is 2.28. The fourth-order valence-electron chi connectivity index (χ4n) is 4.24. The maximum absolute atomic E-state index is 2.24. The van der Waals surface area contributed by atoms with E-state index in [1.807, 2.05) is 55.4 Å². The van der Waals surface area contributed by atoms with Crippen LogP contribution in [-0.4, -0.2) is 9.13 Å². The summed E-state index contributed by atoms with van der Waals surface area (Å²) < 4.78 is 4.48. The summed E-state index contributed by atoms with van der Waals surface area (Å²) in [7, 11) is 4.23. The molecule has 0 spiro atoms. The molecule has 0 aliphatic rings. The Balaban J connectivity index is 0.000000283. The average Bonchev–Trinajstić information content (AvgIpc) is 3.45. The molecule has 0 saturated heterocycles. The van der Waals surface area contributed by atoms with Crippen LogP contribution in [0.25, 0.3) is 43.6 Å². The number of benzene rings is 4. The zero-order valence-corrected chi connectivity index (χ0v) is 24.1. The number of fused-ring (bicyclic) bond motifs is 6. The van der Waals surface area contributed by atoms with Gasteiger partial charge in [-0.25, -0.2) is 0 Å². The Labute approximate surface area is 219 Å². The molecule has 4 aromatic carbocycles. The zero-order chi connectivity index (χ0) is 27.1. The number of nitrogens with zero attached hydrogens (tertiary/aromatic N) is 2. The Hall–Kier alpha value is -3.52. The number of aromatic nitrogens is 2. The number of hydrogen-bond acceptors (Lipinski definition) is 0. The van der Waals surface area contributed by atoms with Crippen molar-refractivity contribution in [2.75, 3.05) is 0 Å². The molecule has 0 aliphatic carbocycles. The second-order valence-electron chi connectivity index (χ2n) is 7.19. The Bertz CT molecular complexity index is 1220. The lowest BCUT2D eigenvalue weighted by Crippen LogP contribution is -1.84. The summed E-state index contributed by atoms with van der Waals surface area (Å²) in [6, 6.07) is 34.1. The lowest BCUT2D eigenvalue weighted by atomic mass is 10.2. The molecular weight excluding hydrogens is 436 g/mol. The smallest absolute Gasteiger partial charge is 0.0488 e. The maximum Gasteiger partial charge on any atom is 0.0488 e. The third kappa shape index (κ3) is 6.37. The fraction of sp³-hybridized carbons (Fsp3) is 0.294. The normalized spacial score (nSPS) is 9.39. The molecule has 192 valence electrons. The Kier molecular flexibility index (Phi) is 13.7. The number of rotatable bonds is 0. The first-order valence-corrected chi connectivity index (χ1v) is 13.6. The van der Waals surface area contributed by atoms with Crippen molar-refractivity contribution >= 4 is 43.6 Å². The predicted molar refractivity (Wildman–Crippen MR) is 166 cm³/mol. The van der Waals surface area contributed by atoms with Gasteiger partial charge in [0.05, 0.1) is 0 Å². The van der Waals surface area contributed by atoms with E-state index in [9.17, 15) is 0 Å². The Morgan fingerprint density at radius 1 is 0.306 bits per heavy atom. The van der Waals surface area contributed by atoms with Gasteiger partial charge in [0.2, 0.25) is 0 Å². The van der Waals surface area contributed by atoms with Crippen molar-refractivity contribution < 1.29 is 0 Å². The van der Waals surface area contributed by atoms with Crippen LogP contribution in [0.4, 0.5) is 0 Å². The van der Waals surface area contributed by atoms with Gasteiger partial charge in [-0.1, -0.05) is 128 Å². The SMILES string of the molecule is CC.CC.CC.CC.Cn1c2ccccc2c2ccccc21.Cn1c2ccccc2c2ccccc21. The average molecular weight is 483 g/mol. The first-order chi connectivity index (χ1) is 17.8. The van der Waals surface area contributed by atoms with Crippen LogP contribution < -0.4 is 0 Å². The molecule has 0 aliphatic heterocycles. The highest BCUT2D eigenvalue weighted by Gasteiger charge is 2.06. The van der Waals surface area contributed by atoms with Crippen LogP contribution in [0.15, 0.2) is 97.1 Å². The van der Waals surface area contributed by atoms with Crippen molar-refractivity contribution in [2.24, 2.45) is 14.1 Å². The van der Waals surface area contributed by atoms with Gasteiger partial charge in [-0.05, 0) is 24.3 Å². The van der Waals surface area contributed by atoms with Gasteiger partial charge in [-0.2, -0.15) is 0 Å². The van der Waals surface area contributed by atoms with Crippen LogP contribution in [0.5, 0.6) is 0 Å². The molecule has 0 radical (unpaired) electrons. The van der Waals surface area contributed by atoms with Crippen LogP contribution in [0.3, 0.4) is 0 Å². The van der Waals surface area contributed by atoms with Crippen LogP contribution in [0.1, 0.15) is 55.4 Å². The number of hydrogen-bond donors (Lipinski definition) is 0. The second-order valence-corrected chi connectivity index (χ2v) is 7.19. The molecule has 6 rings (SSSR count). The second kappa shape index (κ2) is 16.2. The molecule has 0 fully saturated rings. The van der Waals surface area contributed by atoms with E-state index < -0.39 is 0 Å². The van der Waals surface area contributed by atoms with Gasteiger partial charge in [-0.3, -0.25) is 0 Å². The first kappa shape index (κ1) is 30.5. The van der Waals surface area contributed by atoms with Crippen molar-refractivity contribution in [3.63, 3.8) is 0 Å². The topological polar surface area (TPSA) is 9.86 Å². The van der Waals surface area contributed by atoms with Crippen LogP contribution in [-0.2, 0) is 14.1 Å². The summed E-state index contributed by atoms with van der Waals surface area (Å²) in [6.45, 7) is 16.0. The van der Waals surface area contributed by atoms with E-state index in [4.69, 9.17) is 0 Å². The molecule has 6 aromatic rings. The van der Waals surface area contributed by atoms with E-state index in [0.29, 0.717) is 0 Å². The molecule has 2 aromatic heterocycles. The highest BCUT2D eigenvalue weighted by molar-refractivity contribution is 6.08. The van der Waals surface area contributed by atoms with Gasteiger partial charge in [0.15, 0.2) is 0 Å². The molecule has 0 N–H and O–H groups in total. The zero-order valence-electron chi connectivity index (χ0n) is 24.1. The van der Waals surface area contributed by atoms with Crippen molar-refractivity contribution in [3.8, 4) is 0 Å². The van der Waals surface area contributed by atoms with E-state index in [0.717, 1.165) is 0 Å². The van der Waals surface area contributed by atoms with Gasteiger partial charge in [0.1, 0.15) is 0 Å². The summed E-state index contributed by atoms with van der Waals surface area (Å²) in [5.41, 5.74) is 5.20. The monoisotopic (exact) mass is 482 g/mol. The van der Waals surface area contributed by atoms with Gasteiger partial charge in [0.25, 0.3) is 0 Å². The molecule has 2 heterocycles. The predicted octanol–water partition coefficient (Wildman–Crippen LogP) is 10.8. The number of para-hydroxylation sites is 4. The van der Waals surface area contributed by atoms with E-state index in [1.165, 1.54) is 43.6 Å². The van der Waals surface area contributed by atoms with Crippen LogP contribution in [0, 0.1) is 0 Å². The van der Waals surface area contributed by atoms with Gasteiger partial charge < -0.3 is 9.13 Å². The summed E-state index contributed by atoms with van der Waals surface area (Å²) in [6.07, 6.45) is 0. The third-order valence-corrected chi connectivity index (χ3v) is 5.64. The number of aryl methyl sites for hydroxylation is 2. The fourth-order valence-corrected chi connectivity index (χ4v) is 4.24. The minimum Gasteiger partial charge on any atom is -0.344 e. The molecule has 0 amide bonds. The lowest BCUT2D eigenvalue weighted by molar-refractivity contribution is 1.01. The molecular formula is C34H46N2. The summed E-state index contributed by atoms with van der Waals surface area (Å²) in [4.78, 5) is 0. The van der Waals surface area contributed by atoms with Crippen LogP contribution in [0.2, 0.25) is 0 Å². The van der Waals surface area contributed by atoms with E-state index >= 15 is 0 Å².